The predicted octanol–water partition coefficient (Wildman–Crippen LogP) is 1.74. The van der Waals surface area contributed by atoms with Crippen LogP contribution >= 0.6 is 0 Å². The summed E-state index contributed by atoms with van der Waals surface area (Å²) in [4.78, 5) is 40.9. The summed E-state index contributed by atoms with van der Waals surface area (Å²) in [6.45, 7) is 0.885. The molecule has 8 nitrogen and oxygen atoms in total. The van der Waals surface area contributed by atoms with Crippen molar-refractivity contribution in [1.29, 1.82) is 0 Å². The number of hydrogen-bond acceptors (Lipinski definition) is 5. The largest absolute Gasteiger partial charge is 0.497 e. The van der Waals surface area contributed by atoms with Gasteiger partial charge in [-0.2, -0.15) is 0 Å². The molecular formula is C21H26N2O6. The van der Waals surface area contributed by atoms with Gasteiger partial charge in [0.15, 0.2) is 6.04 Å². The van der Waals surface area contributed by atoms with Crippen LogP contribution in [0.4, 0.5) is 0 Å². The summed E-state index contributed by atoms with van der Waals surface area (Å²) in [7, 11) is 1.54. The SMILES string of the molecule is COc1ccc(C(=O)N2[C@@H](C(=O)O)COC23CCN(C(=O)C2CCC2)CC3)cc1. The van der Waals surface area contributed by atoms with E-state index in [0.717, 1.165) is 19.3 Å². The van der Waals surface area contributed by atoms with Crippen LogP contribution in [-0.4, -0.2) is 71.3 Å². The molecule has 3 aliphatic rings. The van der Waals surface area contributed by atoms with E-state index in [1.54, 1.807) is 31.4 Å². The molecule has 3 fully saturated rings. The van der Waals surface area contributed by atoms with Crippen molar-refractivity contribution >= 4 is 17.8 Å². The van der Waals surface area contributed by atoms with Gasteiger partial charge in [0.25, 0.3) is 5.91 Å². The maximum absolute atomic E-state index is 13.3. The Morgan fingerprint density at radius 2 is 1.79 bits per heavy atom. The number of nitrogens with zero attached hydrogens (tertiary/aromatic N) is 2. The van der Waals surface area contributed by atoms with Crippen molar-refractivity contribution in [2.75, 3.05) is 26.8 Å². The summed E-state index contributed by atoms with van der Waals surface area (Å²) in [5.41, 5.74) is -0.605. The minimum Gasteiger partial charge on any atom is -0.497 e. The van der Waals surface area contributed by atoms with Crippen LogP contribution in [0.25, 0.3) is 0 Å². The van der Waals surface area contributed by atoms with Gasteiger partial charge >= 0.3 is 5.97 Å². The molecule has 1 atom stereocenters. The van der Waals surface area contributed by atoms with Gasteiger partial charge in [-0.3, -0.25) is 14.5 Å². The summed E-state index contributed by atoms with van der Waals surface area (Å²) in [5.74, 6) is -0.552. The molecular weight excluding hydrogens is 376 g/mol. The summed E-state index contributed by atoms with van der Waals surface area (Å²) < 4.78 is 11.1. The third-order valence-corrected chi connectivity index (χ3v) is 6.41. The molecule has 4 rings (SSSR count). The quantitative estimate of drug-likeness (QED) is 0.824. The van der Waals surface area contributed by atoms with Crippen molar-refractivity contribution in [3.8, 4) is 5.75 Å². The molecule has 1 spiro atoms. The lowest BCUT2D eigenvalue weighted by Crippen LogP contribution is -2.59. The number of piperidine rings is 1. The standard InChI is InChI=1S/C21H26N2O6/c1-28-16-7-5-15(6-8-16)19(25)23-17(20(26)27)13-29-21(23)9-11-22(12-10-21)18(24)14-3-2-4-14/h5-8,14,17H,2-4,9-13H2,1H3,(H,26,27)/t17-/m1/s1. The Balaban J connectivity index is 1.54. The minimum absolute atomic E-state index is 0.0478. The minimum atomic E-state index is -1.09. The van der Waals surface area contributed by atoms with Gasteiger partial charge in [0.1, 0.15) is 11.5 Å². The van der Waals surface area contributed by atoms with E-state index >= 15 is 0 Å². The number of likely N-dealkylation sites (tertiary alicyclic amines) is 1. The Bertz CT molecular complexity index is 796. The van der Waals surface area contributed by atoms with Crippen molar-refractivity contribution in [2.24, 2.45) is 5.92 Å². The Hall–Kier alpha value is -2.61. The maximum Gasteiger partial charge on any atom is 0.328 e. The van der Waals surface area contributed by atoms with E-state index in [0.29, 0.717) is 37.2 Å². The summed E-state index contributed by atoms with van der Waals surface area (Å²) in [5, 5.41) is 9.67. The second-order valence-electron chi connectivity index (χ2n) is 7.97. The number of methoxy groups -OCH3 is 1. The van der Waals surface area contributed by atoms with Gasteiger partial charge in [0.05, 0.1) is 13.7 Å². The van der Waals surface area contributed by atoms with E-state index in [2.05, 4.69) is 0 Å². The average molecular weight is 402 g/mol. The predicted molar refractivity (Wildman–Crippen MR) is 102 cm³/mol. The number of aliphatic carboxylic acids is 1. The first-order chi connectivity index (χ1) is 13.9. The summed E-state index contributed by atoms with van der Waals surface area (Å²) >= 11 is 0. The molecule has 0 bridgehead atoms. The van der Waals surface area contributed by atoms with Crippen molar-refractivity contribution in [3.63, 3.8) is 0 Å². The van der Waals surface area contributed by atoms with Crippen LogP contribution in [-0.2, 0) is 14.3 Å². The van der Waals surface area contributed by atoms with E-state index in [4.69, 9.17) is 9.47 Å². The third-order valence-electron chi connectivity index (χ3n) is 6.41. The van der Waals surface area contributed by atoms with Crippen molar-refractivity contribution in [1.82, 2.24) is 9.80 Å². The van der Waals surface area contributed by atoms with Gasteiger partial charge in [0.2, 0.25) is 5.91 Å². The zero-order valence-electron chi connectivity index (χ0n) is 16.5. The Morgan fingerprint density at radius 3 is 2.31 bits per heavy atom. The van der Waals surface area contributed by atoms with Crippen LogP contribution < -0.4 is 4.74 Å². The molecule has 0 aromatic heterocycles. The molecule has 0 unspecified atom stereocenters. The molecule has 2 saturated heterocycles. The highest BCUT2D eigenvalue weighted by atomic mass is 16.5. The number of carboxylic acid groups (broad SMARTS) is 1. The van der Waals surface area contributed by atoms with Crippen LogP contribution in [0.1, 0.15) is 42.5 Å². The molecule has 156 valence electrons. The normalized spacial score (nSPS) is 23.7. The van der Waals surface area contributed by atoms with Gasteiger partial charge in [-0.05, 0) is 37.1 Å². The fourth-order valence-electron chi connectivity index (χ4n) is 4.42. The molecule has 2 aliphatic heterocycles. The average Bonchev–Trinajstić information content (AvgIpc) is 3.05. The second kappa shape index (κ2) is 7.67. The lowest BCUT2D eigenvalue weighted by atomic mass is 9.83. The highest BCUT2D eigenvalue weighted by Crippen LogP contribution is 2.39. The van der Waals surface area contributed by atoms with Gasteiger partial charge < -0.3 is 19.5 Å². The number of rotatable bonds is 4. The number of benzene rings is 1. The van der Waals surface area contributed by atoms with Crippen LogP contribution in [0.5, 0.6) is 5.75 Å². The smallest absolute Gasteiger partial charge is 0.328 e. The Labute approximate surface area is 169 Å². The van der Waals surface area contributed by atoms with Gasteiger partial charge in [-0.1, -0.05) is 6.42 Å². The lowest BCUT2D eigenvalue weighted by molar-refractivity contribution is -0.151. The van der Waals surface area contributed by atoms with E-state index in [1.807, 2.05) is 4.90 Å². The second-order valence-corrected chi connectivity index (χ2v) is 7.97. The topological polar surface area (TPSA) is 96.4 Å². The summed E-state index contributed by atoms with van der Waals surface area (Å²) in [6.07, 6.45) is 3.82. The highest BCUT2D eigenvalue weighted by Gasteiger charge is 2.54. The molecule has 1 aromatic carbocycles. The molecule has 1 N–H and O–H groups in total. The molecule has 1 aromatic rings. The van der Waals surface area contributed by atoms with Crippen molar-refractivity contribution in [2.45, 2.75) is 43.9 Å². The summed E-state index contributed by atoms with van der Waals surface area (Å²) in [6, 6.07) is 5.56. The first kappa shape index (κ1) is 19.7. The number of ether oxygens (including phenoxy) is 2. The zero-order chi connectivity index (χ0) is 20.6. The van der Waals surface area contributed by atoms with Crippen LogP contribution in [0.3, 0.4) is 0 Å². The lowest BCUT2D eigenvalue weighted by Gasteiger charge is -2.45. The Morgan fingerprint density at radius 1 is 1.14 bits per heavy atom. The molecule has 29 heavy (non-hydrogen) atoms. The number of amides is 2. The molecule has 1 saturated carbocycles. The van der Waals surface area contributed by atoms with Gasteiger partial charge in [0, 0.05) is 37.4 Å². The number of carbonyl (C=O) groups is 3. The number of carbonyl (C=O) groups excluding carboxylic acids is 2. The fourth-order valence-corrected chi connectivity index (χ4v) is 4.42. The van der Waals surface area contributed by atoms with Crippen LogP contribution in [0.15, 0.2) is 24.3 Å². The zero-order valence-corrected chi connectivity index (χ0v) is 16.5. The molecule has 8 heteroatoms. The molecule has 0 radical (unpaired) electrons. The first-order valence-electron chi connectivity index (χ1n) is 10.1. The van der Waals surface area contributed by atoms with Gasteiger partial charge in [-0.25, -0.2) is 4.79 Å². The van der Waals surface area contributed by atoms with E-state index in [-0.39, 0.29) is 24.3 Å². The van der Waals surface area contributed by atoms with E-state index < -0.39 is 17.7 Å². The molecule has 2 heterocycles. The van der Waals surface area contributed by atoms with Crippen LogP contribution in [0, 0.1) is 5.92 Å². The maximum atomic E-state index is 13.3. The van der Waals surface area contributed by atoms with Crippen molar-refractivity contribution < 1.29 is 29.0 Å². The number of hydrogen-bond donors (Lipinski definition) is 1. The molecule has 1 aliphatic carbocycles. The highest BCUT2D eigenvalue weighted by molar-refractivity contribution is 5.97. The molecule has 2 amide bonds. The Kier molecular flexibility index (Phi) is 5.21. The van der Waals surface area contributed by atoms with Gasteiger partial charge in [-0.15, -0.1) is 0 Å². The fraction of sp³-hybridized carbons (Fsp3) is 0.571. The number of carboxylic acids is 1. The van der Waals surface area contributed by atoms with Crippen molar-refractivity contribution in [3.05, 3.63) is 29.8 Å². The van der Waals surface area contributed by atoms with E-state index in [9.17, 15) is 19.5 Å². The monoisotopic (exact) mass is 402 g/mol. The third kappa shape index (κ3) is 3.46. The van der Waals surface area contributed by atoms with Crippen LogP contribution in [0.2, 0.25) is 0 Å². The van der Waals surface area contributed by atoms with E-state index in [1.165, 1.54) is 4.90 Å². The first-order valence-corrected chi connectivity index (χ1v) is 10.1.